The van der Waals surface area contributed by atoms with E-state index in [1.54, 1.807) is 0 Å². The lowest BCUT2D eigenvalue weighted by Crippen LogP contribution is -2.40. The Morgan fingerprint density at radius 1 is 1.15 bits per heavy atom. The van der Waals surface area contributed by atoms with Crippen LogP contribution in [-0.4, -0.2) is 37.1 Å². The Bertz CT molecular complexity index is 163. The van der Waals surface area contributed by atoms with E-state index >= 15 is 0 Å². The van der Waals surface area contributed by atoms with Crippen molar-refractivity contribution in [1.82, 2.24) is 10.2 Å². The maximum Gasteiger partial charge on any atom is 0.0232 e. The Hall–Kier alpha value is -0.0800. The summed E-state index contributed by atoms with van der Waals surface area (Å²) in [5.74, 6) is 0.960. The fourth-order valence-corrected chi connectivity index (χ4v) is 2.83. The van der Waals surface area contributed by atoms with Crippen molar-refractivity contribution in [2.45, 2.75) is 44.7 Å². The molecule has 0 radical (unpaired) electrons. The van der Waals surface area contributed by atoms with E-state index in [4.69, 9.17) is 0 Å². The van der Waals surface area contributed by atoms with Crippen molar-refractivity contribution in [3.8, 4) is 0 Å². The number of nitrogens with zero attached hydrogens (tertiary/aromatic N) is 1. The normalized spacial score (nSPS) is 40.4. The van der Waals surface area contributed by atoms with Crippen LogP contribution in [0.3, 0.4) is 0 Å². The molecule has 3 unspecified atom stereocenters. The van der Waals surface area contributed by atoms with Crippen molar-refractivity contribution in [2.24, 2.45) is 5.92 Å². The Kier molecular flexibility index (Phi) is 2.89. The molecule has 0 aromatic heterocycles. The van der Waals surface area contributed by atoms with Gasteiger partial charge in [0.05, 0.1) is 0 Å². The van der Waals surface area contributed by atoms with Gasteiger partial charge in [-0.15, -0.1) is 0 Å². The quantitative estimate of drug-likeness (QED) is 0.695. The molecule has 1 N–H and O–H groups in total. The molecule has 13 heavy (non-hydrogen) atoms. The second-order valence-electron chi connectivity index (χ2n) is 4.88. The largest absolute Gasteiger partial charge is 0.315 e. The average Bonchev–Trinajstić information content (AvgIpc) is 2.72. The van der Waals surface area contributed by atoms with Crippen molar-refractivity contribution >= 4 is 0 Å². The maximum atomic E-state index is 3.45. The van der Waals surface area contributed by atoms with Crippen LogP contribution in [0.15, 0.2) is 0 Å². The molecule has 2 fully saturated rings. The van der Waals surface area contributed by atoms with E-state index in [2.05, 4.69) is 24.2 Å². The first-order chi connectivity index (χ1) is 6.27. The molecule has 1 aliphatic heterocycles. The lowest BCUT2D eigenvalue weighted by molar-refractivity contribution is 0.183. The summed E-state index contributed by atoms with van der Waals surface area (Å²) in [6, 6.07) is 1.69. The van der Waals surface area contributed by atoms with Gasteiger partial charge in [0.15, 0.2) is 0 Å². The van der Waals surface area contributed by atoms with Gasteiger partial charge >= 0.3 is 0 Å². The SMILES string of the molecule is CC1CCC(N(C)C2CCNC2)C1. The van der Waals surface area contributed by atoms with Gasteiger partial charge in [0.2, 0.25) is 0 Å². The molecular formula is C11H22N2. The molecule has 2 heteroatoms. The predicted octanol–water partition coefficient (Wildman–Crippen LogP) is 1.47. The highest BCUT2D eigenvalue weighted by molar-refractivity contribution is 4.86. The van der Waals surface area contributed by atoms with Crippen molar-refractivity contribution in [2.75, 3.05) is 20.1 Å². The van der Waals surface area contributed by atoms with Crippen LogP contribution >= 0.6 is 0 Å². The van der Waals surface area contributed by atoms with Gasteiger partial charge in [0.25, 0.3) is 0 Å². The van der Waals surface area contributed by atoms with Crippen molar-refractivity contribution in [1.29, 1.82) is 0 Å². The molecular weight excluding hydrogens is 160 g/mol. The van der Waals surface area contributed by atoms with Crippen LogP contribution < -0.4 is 5.32 Å². The summed E-state index contributed by atoms with van der Waals surface area (Å²) >= 11 is 0. The number of hydrogen-bond donors (Lipinski definition) is 1. The summed E-state index contributed by atoms with van der Waals surface area (Å²) in [6.07, 6.45) is 5.64. The smallest absolute Gasteiger partial charge is 0.0232 e. The molecule has 0 aromatic rings. The minimum absolute atomic E-state index is 0.815. The summed E-state index contributed by atoms with van der Waals surface area (Å²) in [5.41, 5.74) is 0. The van der Waals surface area contributed by atoms with Crippen LogP contribution in [0, 0.1) is 5.92 Å². The van der Waals surface area contributed by atoms with Gasteiger partial charge < -0.3 is 5.32 Å². The molecule has 2 nitrogen and oxygen atoms in total. The van der Waals surface area contributed by atoms with Gasteiger partial charge in [-0.1, -0.05) is 6.92 Å². The molecule has 0 spiro atoms. The van der Waals surface area contributed by atoms with Gasteiger partial charge in [0, 0.05) is 18.6 Å². The van der Waals surface area contributed by atoms with Crippen LogP contribution in [0.2, 0.25) is 0 Å². The summed E-state index contributed by atoms with van der Waals surface area (Å²) in [6.45, 7) is 4.82. The summed E-state index contributed by atoms with van der Waals surface area (Å²) in [4.78, 5) is 2.63. The van der Waals surface area contributed by atoms with E-state index in [9.17, 15) is 0 Å². The van der Waals surface area contributed by atoms with Crippen molar-refractivity contribution < 1.29 is 0 Å². The Morgan fingerprint density at radius 3 is 2.54 bits per heavy atom. The number of rotatable bonds is 2. The van der Waals surface area contributed by atoms with E-state index in [1.165, 1.54) is 38.8 Å². The van der Waals surface area contributed by atoms with Gasteiger partial charge in [0.1, 0.15) is 0 Å². The Labute approximate surface area is 81.7 Å². The number of likely N-dealkylation sites (N-methyl/N-ethyl adjacent to an activating group) is 1. The van der Waals surface area contributed by atoms with Crippen LogP contribution in [0.25, 0.3) is 0 Å². The van der Waals surface area contributed by atoms with Crippen LogP contribution in [0.1, 0.15) is 32.6 Å². The third kappa shape index (κ3) is 2.05. The zero-order valence-electron chi connectivity index (χ0n) is 8.92. The fourth-order valence-electron chi connectivity index (χ4n) is 2.83. The van der Waals surface area contributed by atoms with E-state index in [0.29, 0.717) is 0 Å². The number of nitrogens with one attached hydrogen (secondary N) is 1. The minimum Gasteiger partial charge on any atom is -0.315 e. The molecule has 2 aliphatic rings. The molecule has 1 saturated carbocycles. The molecule has 1 saturated heterocycles. The van der Waals surface area contributed by atoms with E-state index in [1.807, 2.05) is 0 Å². The van der Waals surface area contributed by atoms with Gasteiger partial charge in [-0.25, -0.2) is 0 Å². The lowest BCUT2D eigenvalue weighted by atomic mass is 10.1. The zero-order valence-corrected chi connectivity index (χ0v) is 8.92. The molecule has 0 amide bonds. The molecule has 2 rings (SSSR count). The molecule has 3 atom stereocenters. The van der Waals surface area contributed by atoms with Gasteiger partial charge in [-0.05, 0) is 45.2 Å². The first kappa shape index (κ1) is 9.47. The Balaban J connectivity index is 1.85. The third-order valence-corrected chi connectivity index (χ3v) is 3.85. The summed E-state index contributed by atoms with van der Waals surface area (Å²) in [5, 5.41) is 3.45. The second kappa shape index (κ2) is 3.97. The molecule has 76 valence electrons. The van der Waals surface area contributed by atoms with Crippen molar-refractivity contribution in [3.05, 3.63) is 0 Å². The molecule has 1 aliphatic carbocycles. The van der Waals surface area contributed by atoms with E-state index in [0.717, 1.165) is 18.0 Å². The summed E-state index contributed by atoms with van der Waals surface area (Å²) < 4.78 is 0. The first-order valence-corrected chi connectivity index (χ1v) is 5.70. The monoisotopic (exact) mass is 182 g/mol. The fraction of sp³-hybridized carbons (Fsp3) is 1.00. The highest BCUT2D eigenvalue weighted by atomic mass is 15.2. The highest BCUT2D eigenvalue weighted by Gasteiger charge is 2.29. The van der Waals surface area contributed by atoms with Crippen molar-refractivity contribution in [3.63, 3.8) is 0 Å². The van der Waals surface area contributed by atoms with Gasteiger partial charge in [-0.2, -0.15) is 0 Å². The topological polar surface area (TPSA) is 15.3 Å². The average molecular weight is 182 g/mol. The standard InChI is InChI=1S/C11H22N2/c1-9-3-4-10(7-9)13(2)11-5-6-12-8-11/h9-12H,3-8H2,1-2H3. The lowest BCUT2D eigenvalue weighted by Gasteiger charge is -2.29. The zero-order chi connectivity index (χ0) is 9.26. The molecule has 1 heterocycles. The highest BCUT2D eigenvalue weighted by Crippen LogP contribution is 2.29. The second-order valence-corrected chi connectivity index (χ2v) is 4.88. The molecule has 0 bridgehead atoms. The predicted molar refractivity (Wildman–Crippen MR) is 55.8 cm³/mol. The number of hydrogen-bond acceptors (Lipinski definition) is 2. The van der Waals surface area contributed by atoms with Crippen LogP contribution in [0.4, 0.5) is 0 Å². The van der Waals surface area contributed by atoms with Crippen LogP contribution in [-0.2, 0) is 0 Å². The molecule has 0 aromatic carbocycles. The summed E-state index contributed by atoms with van der Waals surface area (Å²) in [7, 11) is 2.32. The first-order valence-electron chi connectivity index (χ1n) is 5.70. The maximum absolute atomic E-state index is 3.45. The minimum atomic E-state index is 0.815. The third-order valence-electron chi connectivity index (χ3n) is 3.85. The van der Waals surface area contributed by atoms with Crippen LogP contribution in [0.5, 0.6) is 0 Å². The van der Waals surface area contributed by atoms with E-state index < -0.39 is 0 Å². The Morgan fingerprint density at radius 2 is 2.00 bits per heavy atom. The van der Waals surface area contributed by atoms with E-state index in [-0.39, 0.29) is 0 Å². The van der Waals surface area contributed by atoms with Gasteiger partial charge in [-0.3, -0.25) is 4.90 Å².